The maximum absolute atomic E-state index is 12.5. The van der Waals surface area contributed by atoms with Crippen molar-refractivity contribution >= 4 is 27.3 Å². The average molecular weight is 341 g/mol. The molecule has 0 aliphatic carbocycles. The van der Waals surface area contributed by atoms with E-state index in [1.54, 1.807) is 24.3 Å². The Bertz CT molecular complexity index is 808. The molecular weight excluding hydrogens is 328 g/mol. The van der Waals surface area contributed by atoms with Crippen LogP contribution < -0.4 is 0 Å². The number of hydrogen-bond acceptors (Lipinski definition) is 4. The second-order valence-electron chi connectivity index (χ2n) is 4.62. The molecule has 0 unspecified atom stereocenters. The van der Waals surface area contributed by atoms with E-state index >= 15 is 0 Å². The fraction of sp³-hybridized carbons (Fsp3) is 0.143. The van der Waals surface area contributed by atoms with Crippen molar-refractivity contribution in [2.24, 2.45) is 0 Å². The van der Waals surface area contributed by atoms with Crippen molar-refractivity contribution < 1.29 is 13.3 Å². The second-order valence-corrected chi connectivity index (χ2v) is 7.07. The Morgan fingerprint density at radius 2 is 1.86 bits per heavy atom. The van der Waals surface area contributed by atoms with Crippen LogP contribution in [0.4, 0.5) is 5.69 Å². The van der Waals surface area contributed by atoms with Gasteiger partial charge in [-0.15, -0.1) is 0 Å². The minimum atomic E-state index is -3.98. The first-order valence-corrected chi connectivity index (χ1v) is 8.08. The Hall–Kier alpha value is -1.96. The van der Waals surface area contributed by atoms with E-state index < -0.39 is 20.6 Å². The Balaban J connectivity index is 2.36. The van der Waals surface area contributed by atoms with E-state index in [0.29, 0.717) is 10.6 Å². The number of nitro benzene ring substituents is 1. The number of rotatable bonds is 5. The molecule has 2 rings (SSSR count). The van der Waals surface area contributed by atoms with Gasteiger partial charge in [0.25, 0.3) is 5.69 Å². The molecule has 0 aliphatic rings. The molecule has 0 spiro atoms. The maximum atomic E-state index is 12.5. The summed E-state index contributed by atoms with van der Waals surface area (Å²) in [4.78, 5) is 9.96. The van der Waals surface area contributed by atoms with Crippen molar-refractivity contribution in [3.63, 3.8) is 0 Å². The van der Waals surface area contributed by atoms with Gasteiger partial charge in [0.15, 0.2) is 4.90 Å². The van der Waals surface area contributed by atoms with Crippen LogP contribution in [0.15, 0.2) is 53.4 Å². The number of sulfonamides is 1. The lowest BCUT2D eigenvalue weighted by atomic mass is 10.2. The van der Waals surface area contributed by atoms with Gasteiger partial charge in [-0.1, -0.05) is 35.9 Å². The summed E-state index contributed by atoms with van der Waals surface area (Å²) in [5.41, 5.74) is 0.248. The highest BCUT2D eigenvalue weighted by Gasteiger charge is 2.29. The zero-order valence-corrected chi connectivity index (χ0v) is 13.2. The topological polar surface area (TPSA) is 80.5 Å². The molecule has 0 amide bonds. The van der Waals surface area contributed by atoms with Gasteiger partial charge in [-0.3, -0.25) is 10.1 Å². The molecule has 0 N–H and O–H groups in total. The summed E-state index contributed by atoms with van der Waals surface area (Å²) in [5.74, 6) is 0. The van der Waals surface area contributed by atoms with Crippen molar-refractivity contribution in [3.05, 3.63) is 69.2 Å². The number of nitro groups is 1. The van der Waals surface area contributed by atoms with Gasteiger partial charge < -0.3 is 0 Å². The summed E-state index contributed by atoms with van der Waals surface area (Å²) in [6, 6.07) is 12.0. The van der Waals surface area contributed by atoms with Crippen LogP contribution in [0, 0.1) is 10.1 Å². The van der Waals surface area contributed by atoms with E-state index in [1.165, 1.54) is 31.3 Å². The standard InChI is InChI=1S/C14H13ClN2O4S/c1-16(10-11-5-4-6-12(15)9-11)22(20,21)14-8-3-2-7-13(14)17(18)19/h2-9H,10H2,1H3. The molecule has 116 valence electrons. The molecular formula is C14H13ClN2O4S. The fourth-order valence-electron chi connectivity index (χ4n) is 1.97. The molecule has 0 saturated heterocycles. The summed E-state index contributed by atoms with van der Waals surface area (Å²) >= 11 is 5.87. The van der Waals surface area contributed by atoms with Crippen LogP contribution in [0.25, 0.3) is 0 Å². The fourth-order valence-corrected chi connectivity index (χ4v) is 3.50. The SMILES string of the molecule is CN(Cc1cccc(Cl)c1)S(=O)(=O)c1ccccc1[N+](=O)[O-]. The largest absolute Gasteiger partial charge is 0.289 e. The van der Waals surface area contributed by atoms with Crippen LogP contribution in [0.2, 0.25) is 5.02 Å². The Morgan fingerprint density at radius 1 is 1.18 bits per heavy atom. The van der Waals surface area contributed by atoms with Gasteiger partial charge in [-0.2, -0.15) is 4.31 Å². The van der Waals surface area contributed by atoms with Gasteiger partial charge >= 0.3 is 0 Å². The molecule has 22 heavy (non-hydrogen) atoms. The average Bonchev–Trinajstić information content (AvgIpc) is 2.47. The van der Waals surface area contributed by atoms with Crippen molar-refractivity contribution in [3.8, 4) is 0 Å². The first-order valence-electron chi connectivity index (χ1n) is 6.26. The molecule has 0 fully saturated rings. The number of nitrogens with zero attached hydrogens (tertiary/aromatic N) is 2. The zero-order valence-electron chi connectivity index (χ0n) is 11.6. The number of benzene rings is 2. The lowest BCUT2D eigenvalue weighted by molar-refractivity contribution is -0.387. The van der Waals surface area contributed by atoms with Gasteiger partial charge in [-0.25, -0.2) is 8.42 Å². The quantitative estimate of drug-likeness (QED) is 0.618. The highest BCUT2D eigenvalue weighted by Crippen LogP contribution is 2.26. The molecule has 0 aliphatic heterocycles. The van der Waals surface area contributed by atoms with Crippen LogP contribution in [0.1, 0.15) is 5.56 Å². The number of hydrogen-bond donors (Lipinski definition) is 0. The molecule has 0 aromatic heterocycles. The third kappa shape index (κ3) is 3.44. The van der Waals surface area contributed by atoms with Gasteiger partial charge in [0, 0.05) is 24.7 Å². The molecule has 0 radical (unpaired) electrons. The summed E-state index contributed by atoms with van der Waals surface area (Å²) in [5, 5.41) is 11.5. The van der Waals surface area contributed by atoms with Crippen molar-refractivity contribution in [2.75, 3.05) is 7.05 Å². The number of para-hydroxylation sites is 1. The Kier molecular flexibility index (Phi) is 4.80. The van der Waals surface area contributed by atoms with Gasteiger partial charge in [0.2, 0.25) is 10.0 Å². The predicted molar refractivity (Wildman–Crippen MR) is 83.2 cm³/mol. The van der Waals surface area contributed by atoms with E-state index in [9.17, 15) is 18.5 Å². The summed E-state index contributed by atoms with van der Waals surface area (Å²) in [6.07, 6.45) is 0. The monoisotopic (exact) mass is 340 g/mol. The van der Waals surface area contributed by atoms with Gasteiger partial charge in [0.05, 0.1) is 4.92 Å². The van der Waals surface area contributed by atoms with E-state index in [1.807, 2.05) is 0 Å². The maximum Gasteiger partial charge on any atom is 0.289 e. The summed E-state index contributed by atoms with van der Waals surface area (Å²) < 4.78 is 26.1. The van der Waals surface area contributed by atoms with Crippen molar-refractivity contribution in [1.82, 2.24) is 4.31 Å². The first kappa shape index (κ1) is 16.4. The van der Waals surface area contributed by atoms with Crippen LogP contribution >= 0.6 is 11.6 Å². The van der Waals surface area contributed by atoms with Crippen LogP contribution in [-0.4, -0.2) is 24.7 Å². The Labute approximate surface area is 133 Å². The van der Waals surface area contributed by atoms with Crippen LogP contribution in [0.5, 0.6) is 0 Å². The van der Waals surface area contributed by atoms with E-state index in [4.69, 9.17) is 11.6 Å². The van der Waals surface area contributed by atoms with Gasteiger partial charge in [-0.05, 0) is 23.8 Å². The first-order chi connectivity index (χ1) is 10.3. The molecule has 0 heterocycles. The second kappa shape index (κ2) is 6.43. The minimum Gasteiger partial charge on any atom is -0.258 e. The number of halogens is 1. The molecule has 2 aromatic rings. The van der Waals surface area contributed by atoms with E-state index in [2.05, 4.69) is 0 Å². The van der Waals surface area contributed by atoms with Crippen LogP contribution in [-0.2, 0) is 16.6 Å². The summed E-state index contributed by atoms with van der Waals surface area (Å²) in [6.45, 7) is 0.0644. The molecule has 0 atom stereocenters. The zero-order chi connectivity index (χ0) is 16.3. The molecule has 8 heteroatoms. The molecule has 2 aromatic carbocycles. The highest BCUT2D eigenvalue weighted by molar-refractivity contribution is 7.89. The Morgan fingerprint density at radius 3 is 2.50 bits per heavy atom. The minimum absolute atomic E-state index is 0.0644. The highest BCUT2D eigenvalue weighted by atomic mass is 35.5. The predicted octanol–water partition coefficient (Wildman–Crippen LogP) is 3.07. The molecule has 0 bridgehead atoms. The third-order valence-corrected chi connectivity index (χ3v) is 5.13. The van der Waals surface area contributed by atoms with E-state index in [0.717, 1.165) is 4.31 Å². The lowest BCUT2D eigenvalue weighted by Gasteiger charge is -2.17. The molecule has 0 saturated carbocycles. The normalized spacial score (nSPS) is 11.6. The van der Waals surface area contributed by atoms with Crippen molar-refractivity contribution in [1.29, 1.82) is 0 Å². The van der Waals surface area contributed by atoms with Gasteiger partial charge in [0.1, 0.15) is 0 Å². The lowest BCUT2D eigenvalue weighted by Crippen LogP contribution is -2.27. The molecule has 6 nitrogen and oxygen atoms in total. The summed E-state index contributed by atoms with van der Waals surface area (Å²) in [7, 11) is -2.61. The van der Waals surface area contributed by atoms with Crippen molar-refractivity contribution in [2.45, 2.75) is 11.4 Å². The van der Waals surface area contributed by atoms with E-state index in [-0.39, 0.29) is 11.4 Å². The van der Waals surface area contributed by atoms with Crippen LogP contribution in [0.3, 0.4) is 0 Å². The smallest absolute Gasteiger partial charge is 0.258 e. The third-order valence-electron chi connectivity index (χ3n) is 3.04.